The Bertz CT molecular complexity index is 770. The number of pyridine rings is 1. The SMILES string of the molecule is CN1C(=O)N(c2ccc(C#Cc3ccccc3)cn2)CC1(C)C. The fourth-order valence-electron chi connectivity index (χ4n) is 2.47. The Kier molecular flexibility index (Phi) is 3.79. The van der Waals surface area contributed by atoms with Crippen LogP contribution in [-0.4, -0.2) is 35.0 Å². The standard InChI is InChI=1S/C19H19N3O/c1-19(2)14-22(18(23)21(19)3)17-12-11-16(13-20-17)10-9-15-7-5-4-6-8-15/h4-8,11-13H,14H2,1-3H3. The molecule has 3 rings (SSSR count). The van der Waals surface area contributed by atoms with E-state index in [4.69, 9.17) is 0 Å². The maximum Gasteiger partial charge on any atom is 0.325 e. The van der Waals surface area contributed by atoms with Crippen LogP contribution in [0.5, 0.6) is 0 Å². The van der Waals surface area contributed by atoms with Crippen molar-refractivity contribution in [3.8, 4) is 11.8 Å². The molecular formula is C19H19N3O. The Balaban J connectivity index is 1.79. The van der Waals surface area contributed by atoms with Crippen LogP contribution >= 0.6 is 0 Å². The van der Waals surface area contributed by atoms with Crippen molar-refractivity contribution in [3.05, 3.63) is 59.8 Å². The predicted molar refractivity (Wildman–Crippen MR) is 91.2 cm³/mol. The van der Waals surface area contributed by atoms with Crippen molar-refractivity contribution in [1.82, 2.24) is 9.88 Å². The number of urea groups is 1. The van der Waals surface area contributed by atoms with E-state index in [1.165, 1.54) is 0 Å². The Morgan fingerprint density at radius 1 is 1.04 bits per heavy atom. The second-order valence-corrected chi connectivity index (χ2v) is 6.26. The number of hydrogen-bond acceptors (Lipinski definition) is 2. The van der Waals surface area contributed by atoms with Gasteiger partial charge in [-0.05, 0) is 38.1 Å². The molecule has 1 aromatic heterocycles. The Morgan fingerprint density at radius 2 is 1.74 bits per heavy atom. The van der Waals surface area contributed by atoms with Crippen LogP contribution in [0.25, 0.3) is 0 Å². The number of rotatable bonds is 1. The van der Waals surface area contributed by atoms with Gasteiger partial charge in [0, 0.05) is 24.4 Å². The lowest BCUT2D eigenvalue weighted by Crippen LogP contribution is -2.38. The second-order valence-electron chi connectivity index (χ2n) is 6.26. The third kappa shape index (κ3) is 3.04. The molecule has 4 heteroatoms. The molecule has 0 N–H and O–H groups in total. The fourth-order valence-corrected chi connectivity index (χ4v) is 2.47. The first kappa shape index (κ1) is 15.1. The lowest BCUT2D eigenvalue weighted by Gasteiger charge is -2.24. The number of carbonyl (C=O) groups is 1. The first-order valence-corrected chi connectivity index (χ1v) is 7.56. The van der Waals surface area contributed by atoms with Crippen LogP contribution in [0.2, 0.25) is 0 Å². The normalized spacial score (nSPS) is 16.2. The summed E-state index contributed by atoms with van der Waals surface area (Å²) in [5, 5.41) is 0. The summed E-state index contributed by atoms with van der Waals surface area (Å²) in [5.41, 5.74) is 1.61. The quantitative estimate of drug-likeness (QED) is 0.759. The summed E-state index contributed by atoms with van der Waals surface area (Å²) < 4.78 is 0. The van der Waals surface area contributed by atoms with Gasteiger partial charge in [-0.1, -0.05) is 30.0 Å². The molecule has 1 saturated heterocycles. The zero-order valence-corrected chi connectivity index (χ0v) is 13.6. The first-order chi connectivity index (χ1) is 11.0. The lowest BCUT2D eigenvalue weighted by atomic mass is 10.1. The van der Waals surface area contributed by atoms with Gasteiger partial charge in [0.15, 0.2) is 0 Å². The van der Waals surface area contributed by atoms with Gasteiger partial charge in [-0.3, -0.25) is 4.90 Å². The average molecular weight is 305 g/mol. The van der Waals surface area contributed by atoms with Gasteiger partial charge in [-0.2, -0.15) is 0 Å². The van der Waals surface area contributed by atoms with Crippen LogP contribution in [-0.2, 0) is 0 Å². The van der Waals surface area contributed by atoms with Gasteiger partial charge in [0.05, 0.1) is 12.1 Å². The van der Waals surface area contributed by atoms with E-state index in [-0.39, 0.29) is 11.6 Å². The minimum Gasteiger partial charge on any atom is -0.320 e. The fraction of sp³-hybridized carbons (Fsp3) is 0.263. The molecule has 1 aromatic carbocycles. The van der Waals surface area contributed by atoms with Crippen molar-refractivity contribution in [2.24, 2.45) is 0 Å². The van der Waals surface area contributed by atoms with Crippen molar-refractivity contribution < 1.29 is 4.79 Å². The number of anilines is 1. The molecule has 23 heavy (non-hydrogen) atoms. The largest absolute Gasteiger partial charge is 0.325 e. The van der Waals surface area contributed by atoms with Crippen LogP contribution in [0.3, 0.4) is 0 Å². The van der Waals surface area contributed by atoms with Crippen molar-refractivity contribution in [2.45, 2.75) is 19.4 Å². The van der Waals surface area contributed by atoms with E-state index in [2.05, 4.69) is 16.8 Å². The molecule has 2 heterocycles. The lowest BCUT2D eigenvalue weighted by molar-refractivity contribution is 0.198. The van der Waals surface area contributed by atoms with Crippen LogP contribution in [0.1, 0.15) is 25.0 Å². The average Bonchev–Trinajstić information content (AvgIpc) is 2.78. The highest BCUT2D eigenvalue weighted by Crippen LogP contribution is 2.27. The monoisotopic (exact) mass is 305 g/mol. The number of amides is 2. The van der Waals surface area contributed by atoms with Crippen molar-refractivity contribution in [2.75, 3.05) is 18.5 Å². The van der Waals surface area contributed by atoms with Crippen LogP contribution in [0.15, 0.2) is 48.7 Å². The maximum atomic E-state index is 12.3. The van der Waals surface area contributed by atoms with Crippen LogP contribution < -0.4 is 4.90 Å². The van der Waals surface area contributed by atoms with Gasteiger partial charge in [0.2, 0.25) is 0 Å². The molecule has 116 valence electrons. The molecule has 0 bridgehead atoms. The molecule has 1 aliphatic rings. The number of likely N-dealkylation sites (N-methyl/N-ethyl adjacent to an activating group) is 1. The van der Waals surface area contributed by atoms with Gasteiger partial charge >= 0.3 is 6.03 Å². The summed E-state index contributed by atoms with van der Waals surface area (Å²) in [6, 6.07) is 13.5. The minimum absolute atomic E-state index is 0.0226. The zero-order valence-electron chi connectivity index (χ0n) is 13.6. The first-order valence-electron chi connectivity index (χ1n) is 7.56. The maximum absolute atomic E-state index is 12.3. The molecule has 2 aromatic rings. The highest BCUT2D eigenvalue weighted by molar-refractivity contribution is 5.94. The summed E-state index contributed by atoms with van der Waals surface area (Å²) in [7, 11) is 1.82. The van der Waals surface area contributed by atoms with E-state index in [9.17, 15) is 4.79 Å². The number of nitrogens with zero attached hydrogens (tertiary/aromatic N) is 3. The molecule has 0 atom stereocenters. The van der Waals surface area contributed by atoms with E-state index in [0.717, 1.165) is 11.1 Å². The Labute approximate surface area is 136 Å². The van der Waals surface area contributed by atoms with Crippen LogP contribution in [0.4, 0.5) is 10.6 Å². The second kappa shape index (κ2) is 5.77. The zero-order chi connectivity index (χ0) is 16.4. The Hall–Kier alpha value is -2.80. The van der Waals surface area contributed by atoms with Crippen molar-refractivity contribution >= 4 is 11.8 Å². The highest BCUT2D eigenvalue weighted by Gasteiger charge is 2.41. The van der Waals surface area contributed by atoms with E-state index >= 15 is 0 Å². The molecule has 0 radical (unpaired) electrons. The summed E-state index contributed by atoms with van der Waals surface area (Å²) in [6.07, 6.45) is 1.71. The predicted octanol–water partition coefficient (Wildman–Crippen LogP) is 3.13. The summed E-state index contributed by atoms with van der Waals surface area (Å²) in [6.45, 7) is 4.72. The molecule has 0 unspecified atom stereocenters. The van der Waals surface area contributed by atoms with Crippen molar-refractivity contribution in [3.63, 3.8) is 0 Å². The third-order valence-corrected chi connectivity index (χ3v) is 4.12. The smallest absolute Gasteiger partial charge is 0.320 e. The van der Waals surface area contributed by atoms with Gasteiger partial charge in [-0.25, -0.2) is 9.78 Å². The molecule has 1 aliphatic heterocycles. The molecule has 0 saturated carbocycles. The van der Waals surface area contributed by atoms with Gasteiger partial charge in [-0.15, -0.1) is 0 Å². The summed E-state index contributed by atoms with van der Waals surface area (Å²) in [4.78, 5) is 20.2. The number of aromatic nitrogens is 1. The summed E-state index contributed by atoms with van der Waals surface area (Å²) in [5.74, 6) is 6.85. The van der Waals surface area contributed by atoms with E-state index in [1.807, 2.05) is 63.4 Å². The molecule has 0 spiro atoms. The van der Waals surface area contributed by atoms with Crippen LogP contribution in [0, 0.1) is 11.8 Å². The molecule has 0 aliphatic carbocycles. The van der Waals surface area contributed by atoms with E-state index < -0.39 is 0 Å². The number of benzene rings is 1. The highest BCUT2D eigenvalue weighted by atomic mass is 16.2. The van der Waals surface area contributed by atoms with Crippen molar-refractivity contribution in [1.29, 1.82) is 0 Å². The van der Waals surface area contributed by atoms with Gasteiger partial charge < -0.3 is 4.90 Å². The molecule has 1 fully saturated rings. The summed E-state index contributed by atoms with van der Waals surface area (Å²) >= 11 is 0. The topological polar surface area (TPSA) is 36.4 Å². The number of carbonyl (C=O) groups excluding carboxylic acids is 1. The third-order valence-electron chi connectivity index (χ3n) is 4.12. The molecular weight excluding hydrogens is 286 g/mol. The van der Waals surface area contributed by atoms with Gasteiger partial charge in [0.1, 0.15) is 5.82 Å². The minimum atomic E-state index is -0.190. The van der Waals surface area contributed by atoms with E-state index in [0.29, 0.717) is 12.4 Å². The molecule has 2 amide bonds. The Morgan fingerprint density at radius 3 is 2.30 bits per heavy atom. The molecule has 4 nitrogen and oxygen atoms in total. The van der Waals surface area contributed by atoms with Gasteiger partial charge in [0.25, 0.3) is 0 Å². The number of hydrogen-bond donors (Lipinski definition) is 0. The van der Waals surface area contributed by atoms with E-state index in [1.54, 1.807) is 16.0 Å².